The van der Waals surface area contributed by atoms with E-state index in [2.05, 4.69) is 18.7 Å². The maximum absolute atomic E-state index is 12.0. The van der Waals surface area contributed by atoms with Gasteiger partial charge in [0.1, 0.15) is 5.78 Å². The number of carbonyl (C=O) groups excluding carboxylic acids is 2. The summed E-state index contributed by atoms with van der Waals surface area (Å²) in [7, 11) is 1.96. The second-order valence-electron chi connectivity index (χ2n) is 12.5. The summed E-state index contributed by atoms with van der Waals surface area (Å²) < 4.78 is 0. The van der Waals surface area contributed by atoms with Gasteiger partial charge in [-0.3, -0.25) is 4.79 Å². The molecule has 0 bridgehead atoms. The van der Waals surface area contributed by atoms with Gasteiger partial charge >= 0.3 is 0 Å². The number of Topliss-reactive ketones (excluding diaryl/α,β-unsaturated/α-hetero) is 1. The van der Waals surface area contributed by atoms with E-state index in [9.17, 15) is 9.59 Å². The number of nitrogens with zero attached hydrogens (tertiary/aromatic N) is 2. The predicted molar refractivity (Wildman–Crippen MR) is 183 cm³/mol. The second kappa shape index (κ2) is 33.6. The number of hydrogen-bond donors (Lipinski definition) is 0. The summed E-state index contributed by atoms with van der Waals surface area (Å²) in [5, 5.41) is 0. The molecule has 0 aliphatic rings. The average molecular weight is 581 g/mol. The smallest absolute Gasteiger partial charge is 0.222 e. The van der Waals surface area contributed by atoms with E-state index >= 15 is 0 Å². The van der Waals surface area contributed by atoms with Gasteiger partial charge in [0.2, 0.25) is 5.91 Å². The van der Waals surface area contributed by atoms with Crippen molar-refractivity contribution in [2.45, 2.75) is 189 Å². The number of carbonyl (C=O) groups is 2. The minimum absolute atomic E-state index is 0.260. The van der Waals surface area contributed by atoms with Crippen LogP contribution in [0.5, 0.6) is 0 Å². The van der Waals surface area contributed by atoms with Crippen LogP contribution in [-0.4, -0.2) is 54.7 Å². The van der Waals surface area contributed by atoms with Crippen LogP contribution in [0.25, 0.3) is 0 Å². The van der Waals surface area contributed by atoms with Crippen molar-refractivity contribution in [1.82, 2.24) is 9.80 Å². The number of hydrogen-bond acceptors (Lipinski definition) is 3. The molecule has 1 unspecified atom stereocenters. The molecule has 0 fully saturated rings. The molecule has 0 aromatic heterocycles. The summed E-state index contributed by atoms with van der Waals surface area (Å²) >= 11 is 0. The SMILES string of the molecule is CC.CCCCCCCCCCCCCN(CCCCCCCCCCCC(C)=O)CCC(C)CN(C)C(=O)CC. The number of unbranched alkanes of at least 4 members (excludes halogenated alkanes) is 18. The third-order valence-corrected chi connectivity index (χ3v) is 8.33. The van der Waals surface area contributed by atoms with Crippen LogP contribution in [0.3, 0.4) is 0 Å². The van der Waals surface area contributed by atoms with Gasteiger partial charge in [-0.2, -0.15) is 0 Å². The quantitative estimate of drug-likeness (QED) is 0.0793. The first-order chi connectivity index (χ1) is 19.9. The number of rotatable bonds is 30. The van der Waals surface area contributed by atoms with Crippen molar-refractivity contribution in [2.75, 3.05) is 33.2 Å². The van der Waals surface area contributed by atoms with E-state index < -0.39 is 0 Å². The molecule has 0 saturated heterocycles. The molecule has 0 spiro atoms. The highest BCUT2D eigenvalue weighted by atomic mass is 16.2. The van der Waals surface area contributed by atoms with Crippen LogP contribution < -0.4 is 0 Å². The molecule has 41 heavy (non-hydrogen) atoms. The zero-order valence-electron chi connectivity index (χ0n) is 29.4. The maximum atomic E-state index is 12.0. The highest BCUT2D eigenvalue weighted by Crippen LogP contribution is 2.14. The highest BCUT2D eigenvalue weighted by Gasteiger charge is 2.13. The summed E-state index contributed by atoms with van der Waals surface area (Å²) in [6, 6.07) is 0. The molecule has 0 aromatic rings. The van der Waals surface area contributed by atoms with Crippen molar-refractivity contribution >= 4 is 11.7 Å². The fraction of sp³-hybridized carbons (Fsp3) is 0.946. The first-order valence-corrected chi connectivity index (χ1v) is 18.4. The molecule has 246 valence electrons. The maximum Gasteiger partial charge on any atom is 0.222 e. The minimum Gasteiger partial charge on any atom is -0.346 e. The molecule has 1 atom stereocenters. The average Bonchev–Trinajstić information content (AvgIpc) is 2.97. The summed E-state index contributed by atoms with van der Waals surface area (Å²) in [6.07, 6.45) is 29.7. The molecular weight excluding hydrogens is 504 g/mol. The van der Waals surface area contributed by atoms with Gasteiger partial charge in [-0.1, -0.05) is 144 Å². The van der Waals surface area contributed by atoms with E-state index in [-0.39, 0.29) is 5.91 Å². The van der Waals surface area contributed by atoms with Crippen LogP contribution in [0.4, 0.5) is 0 Å². The van der Waals surface area contributed by atoms with E-state index in [1.807, 2.05) is 32.7 Å². The fourth-order valence-electron chi connectivity index (χ4n) is 5.62. The van der Waals surface area contributed by atoms with E-state index in [1.54, 1.807) is 6.92 Å². The fourth-order valence-corrected chi connectivity index (χ4v) is 5.62. The van der Waals surface area contributed by atoms with E-state index in [1.165, 1.54) is 148 Å². The van der Waals surface area contributed by atoms with Crippen molar-refractivity contribution in [1.29, 1.82) is 0 Å². The van der Waals surface area contributed by atoms with Crippen molar-refractivity contribution < 1.29 is 9.59 Å². The first-order valence-electron chi connectivity index (χ1n) is 18.4. The van der Waals surface area contributed by atoms with Gasteiger partial charge in [0.15, 0.2) is 0 Å². The highest BCUT2D eigenvalue weighted by molar-refractivity contribution is 5.75. The zero-order chi connectivity index (χ0) is 31.0. The molecule has 0 N–H and O–H groups in total. The van der Waals surface area contributed by atoms with Gasteiger partial charge in [0, 0.05) is 26.4 Å². The normalized spacial score (nSPS) is 11.8. The summed E-state index contributed by atoms with van der Waals surface area (Å²) in [5.41, 5.74) is 0. The van der Waals surface area contributed by atoms with Gasteiger partial charge < -0.3 is 14.6 Å². The van der Waals surface area contributed by atoms with Crippen LogP contribution in [0.1, 0.15) is 189 Å². The molecule has 0 radical (unpaired) electrons. The van der Waals surface area contributed by atoms with E-state index in [0.29, 0.717) is 18.1 Å². The van der Waals surface area contributed by atoms with Crippen molar-refractivity contribution in [3.63, 3.8) is 0 Å². The van der Waals surface area contributed by atoms with E-state index in [0.717, 1.165) is 19.4 Å². The predicted octanol–water partition coefficient (Wildman–Crippen LogP) is 11.0. The lowest BCUT2D eigenvalue weighted by atomic mass is 10.0. The topological polar surface area (TPSA) is 40.6 Å². The van der Waals surface area contributed by atoms with E-state index in [4.69, 9.17) is 0 Å². The van der Waals surface area contributed by atoms with Crippen LogP contribution in [-0.2, 0) is 9.59 Å². The molecule has 0 rings (SSSR count). The first kappa shape index (κ1) is 42.2. The molecule has 0 heterocycles. The third kappa shape index (κ3) is 31.9. The number of amides is 1. The zero-order valence-corrected chi connectivity index (χ0v) is 29.4. The Hall–Kier alpha value is -0.900. The Morgan fingerprint density at radius 2 is 0.976 bits per heavy atom. The van der Waals surface area contributed by atoms with Gasteiger partial charge in [0.05, 0.1) is 0 Å². The lowest BCUT2D eigenvalue weighted by Gasteiger charge is -2.26. The standard InChI is InChI=1S/C35H70N2O2.C2H6/c1-6-8-9-10-11-12-13-16-19-22-25-29-37(31-28-33(3)32-36(5)35(39)7-2)30-26-23-20-17-14-15-18-21-24-27-34(4)38;1-2/h33H,6-32H2,1-5H3;1-2H3. The van der Waals surface area contributed by atoms with Crippen LogP contribution in [0, 0.1) is 5.92 Å². The van der Waals surface area contributed by atoms with Crippen LogP contribution in [0.2, 0.25) is 0 Å². The van der Waals surface area contributed by atoms with Gasteiger partial charge in [-0.25, -0.2) is 0 Å². The Kier molecular flexibility index (Phi) is 34.6. The Bertz CT molecular complexity index is 551. The van der Waals surface area contributed by atoms with Gasteiger partial charge in [-0.15, -0.1) is 0 Å². The summed E-state index contributed by atoms with van der Waals surface area (Å²) in [6.45, 7) is 16.8. The lowest BCUT2D eigenvalue weighted by Crippen LogP contribution is -2.33. The van der Waals surface area contributed by atoms with Gasteiger partial charge in [-0.05, 0) is 58.2 Å². The Balaban J connectivity index is 0. The summed E-state index contributed by atoms with van der Waals surface area (Å²) in [5.74, 6) is 1.15. The van der Waals surface area contributed by atoms with Crippen LogP contribution in [0.15, 0.2) is 0 Å². The van der Waals surface area contributed by atoms with Crippen molar-refractivity contribution in [3.8, 4) is 0 Å². The summed E-state index contributed by atoms with van der Waals surface area (Å²) in [4.78, 5) is 27.6. The van der Waals surface area contributed by atoms with Crippen molar-refractivity contribution in [3.05, 3.63) is 0 Å². The van der Waals surface area contributed by atoms with Crippen molar-refractivity contribution in [2.24, 2.45) is 5.92 Å². The Labute approximate surface area is 259 Å². The molecule has 4 heteroatoms. The molecule has 0 saturated carbocycles. The minimum atomic E-state index is 0.260. The lowest BCUT2D eigenvalue weighted by molar-refractivity contribution is -0.130. The molecule has 0 aliphatic heterocycles. The Morgan fingerprint density at radius 1 is 0.585 bits per heavy atom. The second-order valence-corrected chi connectivity index (χ2v) is 12.5. The largest absolute Gasteiger partial charge is 0.346 e. The monoisotopic (exact) mass is 581 g/mol. The molecule has 1 amide bonds. The number of ketones is 1. The third-order valence-electron chi connectivity index (χ3n) is 8.33. The van der Waals surface area contributed by atoms with Crippen LogP contribution >= 0.6 is 0 Å². The van der Waals surface area contributed by atoms with Gasteiger partial charge in [0.25, 0.3) is 0 Å². The molecule has 0 aliphatic carbocycles. The molecule has 4 nitrogen and oxygen atoms in total. The molecule has 0 aromatic carbocycles. The molecular formula is C37H76N2O2. The Morgan fingerprint density at radius 3 is 1.37 bits per heavy atom.